The topological polar surface area (TPSA) is 82.2 Å². The predicted molar refractivity (Wildman–Crippen MR) is 104 cm³/mol. The summed E-state index contributed by atoms with van der Waals surface area (Å²) < 4.78 is 8.58. The van der Waals surface area contributed by atoms with E-state index in [1.165, 1.54) is 0 Å². The van der Waals surface area contributed by atoms with E-state index < -0.39 is 0 Å². The molecule has 8 heteroatoms. The molecule has 3 rings (SSSR count). The molecule has 0 N–H and O–H groups in total. The first-order valence-electron chi connectivity index (χ1n) is 9.68. The Kier molecular flexibility index (Phi) is 5.58. The van der Waals surface area contributed by atoms with Crippen molar-refractivity contribution in [3.05, 3.63) is 34.4 Å². The van der Waals surface area contributed by atoms with Crippen molar-refractivity contribution in [1.29, 1.82) is 0 Å². The zero-order valence-corrected chi connectivity index (χ0v) is 17.5. The molecule has 0 unspecified atom stereocenters. The first-order chi connectivity index (χ1) is 13.2. The van der Waals surface area contributed by atoms with Gasteiger partial charge < -0.3 is 9.64 Å². The molecular weight excluding hydrogens is 358 g/mol. The number of hydrogen-bond donors (Lipinski definition) is 0. The highest BCUT2D eigenvalue weighted by Gasteiger charge is 2.45. The standard InChI is InChI=1S/C20H29N5O3/c1-7-28-20(27)16-9-15(16)10-25(11-17-13(3)22-23(5)14(17)4)19(26)18-8-12(2)21-24(18)6/h8,15-16H,7,9-11H2,1-6H3/t15-,16-/m1/s1. The summed E-state index contributed by atoms with van der Waals surface area (Å²) in [6, 6.07) is 1.80. The molecule has 0 bridgehead atoms. The van der Waals surface area contributed by atoms with Gasteiger partial charge in [-0.25, -0.2) is 0 Å². The third-order valence-electron chi connectivity index (χ3n) is 5.48. The van der Waals surface area contributed by atoms with Crippen LogP contribution in [-0.4, -0.2) is 49.5 Å². The molecule has 1 saturated carbocycles. The van der Waals surface area contributed by atoms with E-state index in [1.807, 2.05) is 44.3 Å². The lowest BCUT2D eigenvalue weighted by atomic mass is 10.1. The van der Waals surface area contributed by atoms with Crippen LogP contribution in [0.3, 0.4) is 0 Å². The van der Waals surface area contributed by atoms with Gasteiger partial charge >= 0.3 is 5.97 Å². The van der Waals surface area contributed by atoms with Crippen molar-refractivity contribution < 1.29 is 14.3 Å². The Morgan fingerprint density at radius 2 is 1.93 bits per heavy atom. The van der Waals surface area contributed by atoms with Gasteiger partial charge in [-0.3, -0.25) is 19.0 Å². The molecule has 0 spiro atoms. The second kappa shape index (κ2) is 7.77. The van der Waals surface area contributed by atoms with E-state index in [4.69, 9.17) is 4.74 Å². The fourth-order valence-corrected chi connectivity index (χ4v) is 3.70. The van der Waals surface area contributed by atoms with Crippen molar-refractivity contribution in [2.75, 3.05) is 13.2 Å². The van der Waals surface area contributed by atoms with Crippen LogP contribution in [0.5, 0.6) is 0 Å². The number of carbonyl (C=O) groups is 2. The average Bonchev–Trinajstić information content (AvgIpc) is 3.26. The highest BCUT2D eigenvalue weighted by Crippen LogP contribution is 2.40. The number of esters is 1. The zero-order valence-electron chi connectivity index (χ0n) is 17.5. The second-order valence-electron chi connectivity index (χ2n) is 7.61. The summed E-state index contributed by atoms with van der Waals surface area (Å²) in [5.41, 5.74) is 4.34. The number of rotatable bonds is 7. The summed E-state index contributed by atoms with van der Waals surface area (Å²) in [6.45, 7) is 8.99. The Bertz CT molecular complexity index is 898. The summed E-state index contributed by atoms with van der Waals surface area (Å²) in [6.07, 6.45) is 0.762. The van der Waals surface area contributed by atoms with E-state index in [0.717, 1.165) is 29.1 Å². The summed E-state index contributed by atoms with van der Waals surface area (Å²) in [5.74, 6) is -0.223. The maximum absolute atomic E-state index is 13.3. The van der Waals surface area contributed by atoms with Crippen LogP contribution in [0, 0.1) is 32.6 Å². The van der Waals surface area contributed by atoms with E-state index in [1.54, 1.807) is 17.8 Å². The van der Waals surface area contributed by atoms with E-state index in [0.29, 0.717) is 25.4 Å². The normalized spacial score (nSPS) is 18.2. The second-order valence-corrected chi connectivity index (χ2v) is 7.61. The molecule has 1 aliphatic rings. The predicted octanol–water partition coefficient (Wildman–Crippen LogP) is 1.92. The molecule has 2 heterocycles. The molecule has 8 nitrogen and oxygen atoms in total. The first kappa shape index (κ1) is 20.1. The van der Waals surface area contributed by atoms with Gasteiger partial charge in [0.25, 0.3) is 5.91 Å². The van der Waals surface area contributed by atoms with Crippen molar-refractivity contribution >= 4 is 11.9 Å². The van der Waals surface area contributed by atoms with Crippen molar-refractivity contribution in [2.24, 2.45) is 25.9 Å². The Morgan fingerprint density at radius 1 is 1.21 bits per heavy atom. The summed E-state index contributed by atoms with van der Waals surface area (Å²) in [7, 11) is 3.68. The van der Waals surface area contributed by atoms with Gasteiger partial charge in [-0.15, -0.1) is 0 Å². The monoisotopic (exact) mass is 387 g/mol. The molecule has 1 amide bonds. The van der Waals surface area contributed by atoms with E-state index in [2.05, 4.69) is 10.2 Å². The molecule has 1 aliphatic carbocycles. The fourth-order valence-electron chi connectivity index (χ4n) is 3.70. The number of hydrogen-bond acceptors (Lipinski definition) is 5. The summed E-state index contributed by atoms with van der Waals surface area (Å²) >= 11 is 0. The highest BCUT2D eigenvalue weighted by atomic mass is 16.5. The van der Waals surface area contributed by atoms with Gasteiger partial charge in [0.1, 0.15) is 5.69 Å². The summed E-state index contributed by atoms with van der Waals surface area (Å²) in [4.78, 5) is 27.1. The SMILES string of the molecule is CCOC(=O)[C@@H]1C[C@@H]1CN(Cc1c(C)nn(C)c1C)C(=O)c1cc(C)nn1C. The molecule has 2 aromatic rings. The fraction of sp³-hybridized carbons (Fsp3) is 0.600. The third kappa shape index (κ3) is 3.95. The maximum Gasteiger partial charge on any atom is 0.309 e. The van der Waals surface area contributed by atoms with Crippen LogP contribution in [0.4, 0.5) is 0 Å². The zero-order chi connectivity index (χ0) is 20.6. The molecule has 0 aliphatic heterocycles. The first-order valence-corrected chi connectivity index (χ1v) is 9.68. The Balaban J connectivity index is 1.83. The minimum Gasteiger partial charge on any atom is -0.466 e. The maximum atomic E-state index is 13.3. The van der Waals surface area contributed by atoms with Gasteiger partial charge in [0.05, 0.1) is 23.9 Å². The van der Waals surface area contributed by atoms with E-state index in [9.17, 15) is 9.59 Å². The van der Waals surface area contributed by atoms with Crippen LogP contribution in [0.2, 0.25) is 0 Å². The van der Waals surface area contributed by atoms with Crippen LogP contribution < -0.4 is 0 Å². The Morgan fingerprint density at radius 3 is 2.46 bits per heavy atom. The summed E-state index contributed by atoms with van der Waals surface area (Å²) in [5, 5.41) is 8.77. The Hall–Kier alpha value is -2.64. The van der Waals surface area contributed by atoms with Gasteiger partial charge in [-0.2, -0.15) is 10.2 Å². The molecular formula is C20H29N5O3. The van der Waals surface area contributed by atoms with E-state index >= 15 is 0 Å². The van der Waals surface area contributed by atoms with Gasteiger partial charge in [0.2, 0.25) is 0 Å². The van der Waals surface area contributed by atoms with Crippen molar-refractivity contribution in [3.63, 3.8) is 0 Å². The number of nitrogens with zero attached hydrogens (tertiary/aromatic N) is 5. The highest BCUT2D eigenvalue weighted by molar-refractivity contribution is 5.92. The van der Waals surface area contributed by atoms with Crippen LogP contribution in [0.15, 0.2) is 6.07 Å². The van der Waals surface area contributed by atoms with Crippen LogP contribution in [-0.2, 0) is 30.2 Å². The molecule has 28 heavy (non-hydrogen) atoms. The van der Waals surface area contributed by atoms with Gasteiger partial charge in [-0.1, -0.05) is 0 Å². The van der Waals surface area contributed by atoms with Crippen molar-refractivity contribution in [1.82, 2.24) is 24.5 Å². The number of carbonyl (C=O) groups excluding carboxylic acids is 2. The Labute approximate surface area is 165 Å². The average molecular weight is 387 g/mol. The quantitative estimate of drug-likeness (QED) is 0.678. The van der Waals surface area contributed by atoms with Crippen LogP contribution in [0.1, 0.15) is 46.5 Å². The molecule has 1 fully saturated rings. The lowest BCUT2D eigenvalue weighted by Crippen LogP contribution is -2.34. The van der Waals surface area contributed by atoms with Crippen molar-refractivity contribution in [3.8, 4) is 0 Å². The van der Waals surface area contributed by atoms with E-state index in [-0.39, 0.29) is 23.7 Å². The van der Waals surface area contributed by atoms with Crippen LogP contribution >= 0.6 is 0 Å². The van der Waals surface area contributed by atoms with Gasteiger partial charge in [0.15, 0.2) is 0 Å². The van der Waals surface area contributed by atoms with Crippen molar-refractivity contribution in [2.45, 2.75) is 40.7 Å². The van der Waals surface area contributed by atoms with Gasteiger partial charge in [-0.05, 0) is 46.1 Å². The molecule has 152 valence electrons. The minimum absolute atomic E-state index is 0.0831. The minimum atomic E-state index is -0.162. The third-order valence-corrected chi connectivity index (χ3v) is 5.48. The number of amides is 1. The largest absolute Gasteiger partial charge is 0.466 e. The molecule has 2 atom stereocenters. The number of aryl methyl sites for hydroxylation is 4. The molecule has 2 aromatic heterocycles. The molecule has 0 saturated heterocycles. The number of aromatic nitrogens is 4. The number of ether oxygens (including phenoxy) is 1. The molecule has 0 radical (unpaired) electrons. The lowest BCUT2D eigenvalue weighted by molar-refractivity contribution is -0.145. The van der Waals surface area contributed by atoms with Gasteiger partial charge in [0, 0.05) is 38.4 Å². The lowest BCUT2D eigenvalue weighted by Gasteiger charge is -2.23. The smallest absolute Gasteiger partial charge is 0.309 e. The van der Waals surface area contributed by atoms with Crippen LogP contribution in [0.25, 0.3) is 0 Å². The molecule has 0 aromatic carbocycles.